The maximum atomic E-state index is 10.5. The first-order valence-electron chi connectivity index (χ1n) is 6.25. The van der Waals surface area contributed by atoms with Crippen LogP contribution < -0.4 is 9.79 Å². The van der Waals surface area contributed by atoms with Crippen LogP contribution >= 0.6 is 11.6 Å². The molecule has 0 aliphatic carbocycles. The molecule has 0 aliphatic rings. The molecule has 0 unspecified atom stereocenters. The maximum Gasteiger partial charge on any atom is 0.430 e. The van der Waals surface area contributed by atoms with Crippen molar-refractivity contribution >= 4 is 38.9 Å². The van der Waals surface area contributed by atoms with E-state index in [0.29, 0.717) is 5.15 Å². The molecular formula is C12H10ClF3N2O6S. The second-order valence-corrected chi connectivity index (χ2v) is 5.76. The molecule has 0 atom stereocenters. The molecule has 0 saturated heterocycles. The van der Waals surface area contributed by atoms with Crippen LogP contribution in [-0.2, 0) is 25.9 Å². The van der Waals surface area contributed by atoms with Crippen molar-refractivity contribution in [2.45, 2.75) is 12.7 Å². The van der Waals surface area contributed by atoms with Crippen molar-refractivity contribution in [2.24, 2.45) is 0 Å². The van der Waals surface area contributed by atoms with Crippen molar-refractivity contribution in [1.82, 2.24) is 5.10 Å². The highest BCUT2D eigenvalue weighted by atomic mass is 35.5. The molecule has 0 spiro atoms. The van der Waals surface area contributed by atoms with Crippen molar-refractivity contribution in [1.29, 1.82) is 0 Å². The lowest BCUT2D eigenvalue weighted by molar-refractivity contribution is -0.749. The molecule has 2 rings (SSSR count). The quantitative estimate of drug-likeness (QED) is 0.576. The minimum absolute atomic E-state index is 0.115. The van der Waals surface area contributed by atoms with Gasteiger partial charge in [0.2, 0.25) is 6.54 Å². The Kier molecular flexibility index (Phi) is 7.05. The summed E-state index contributed by atoms with van der Waals surface area (Å²) in [7, 11) is -4.43. The predicted octanol–water partition coefficient (Wildman–Crippen LogP) is 0.294. The summed E-state index contributed by atoms with van der Waals surface area (Å²) in [6.45, 7) is -0.127. The summed E-state index contributed by atoms with van der Waals surface area (Å²) in [5.41, 5.74) is 0.730. The molecule has 0 aliphatic heterocycles. The normalized spacial score (nSPS) is 11.7. The van der Waals surface area contributed by atoms with Crippen LogP contribution in [0.15, 0.2) is 30.3 Å². The van der Waals surface area contributed by atoms with E-state index in [1.54, 1.807) is 6.07 Å². The van der Waals surface area contributed by atoms with Crippen molar-refractivity contribution in [3.8, 4) is 0 Å². The second-order valence-electron chi connectivity index (χ2n) is 4.28. The number of benzene rings is 1. The Morgan fingerprint density at radius 1 is 1.36 bits per heavy atom. The topological polar surface area (TPSA) is 120 Å². The van der Waals surface area contributed by atoms with Gasteiger partial charge in [-0.15, -0.1) is 0 Å². The molecule has 2 aromatic rings. The van der Waals surface area contributed by atoms with Gasteiger partial charge in [0.15, 0.2) is 0 Å². The smallest absolute Gasteiger partial charge is 0.430 e. The number of nitrogens with zero attached hydrogens (tertiary/aromatic N) is 2. The third kappa shape index (κ3) is 7.60. The lowest BCUT2D eigenvalue weighted by Gasteiger charge is -2.03. The Morgan fingerprint density at radius 2 is 1.92 bits per heavy atom. The van der Waals surface area contributed by atoms with Crippen molar-refractivity contribution in [3.05, 3.63) is 35.5 Å². The molecule has 0 saturated carbocycles. The average molecular weight is 403 g/mol. The van der Waals surface area contributed by atoms with Gasteiger partial charge in [-0.3, -0.25) is 4.55 Å². The van der Waals surface area contributed by atoms with Gasteiger partial charge in [0.1, 0.15) is 18.1 Å². The summed E-state index contributed by atoms with van der Waals surface area (Å²) in [5, 5.41) is 14.2. The highest BCUT2D eigenvalue weighted by Crippen LogP contribution is 2.12. The molecule has 1 aromatic heterocycles. The SMILES string of the molecule is O=C([O-])C(F)(F)F.O=S(=O)(O)OCC[n+]1nc2ccccc2cc1Cl. The summed E-state index contributed by atoms with van der Waals surface area (Å²) in [5.74, 6) is -3.01. The highest BCUT2D eigenvalue weighted by molar-refractivity contribution is 7.80. The average Bonchev–Trinajstić information content (AvgIpc) is 2.46. The van der Waals surface area contributed by atoms with Gasteiger partial charge in [0.25, 0.3) is 0 Å². The number of carboxylic acid groups (broad SMARTS) is 1. The van der Waals surface area contributed by atoms with Crippen LogP contribution in [0.25, 0.3) is 10.9 Å². The molecule has 0 bridgehead atoms. The van der Waals surface area contributed by atoms with Crippen LogP contribution in [0.4, 0.5) is 13.2 Å². The zero-order valence-corrected chi connectivity index (χ0v) is 13.7. The van der Waals surface area contributed by atoms with Crippen molar-refractivity contribution in [2.75, 3.05) is 6.61 Å². The molecule has 138 valence electrons. The number of hydrogen-bond acceptors (Lipinski definition) is 6. The van der Waals surface area contributed by atoms with Crippen LogP contribution in [-0.4, -0.2) is 36.8 Å². The monoisotopic (exact) mass is 402 g/mol. The molecule has 1 heterocycles. The first-order chi connectivity index (χ1) is 11.4. The van der Waals surface area contributed by atoms with Gasteiger partial charge in [0, 0.05) is 16.6 Å². The molecular weight excluding hydrogens is 393 g/mol. The van der Waals surface area contributed by atoms with Crippen LogP contribution in [0.2, 0.25) is 5.15 Å². The Labute approximate surface area is 144 Å². The van der Waals surface area contributed by atoms with Crippen LogP contribution in [0.1, 0.15) is 0 Å². The first-order valence-corrected chi connectivity index (χ1v) is 8.00. The van der Waals surface area contributed by atoms with Crippen molar-refractivity contribution < 1.29 is 44.9 Å². The maximum absolute atomic E-state index is 10.5. The second kappa shape index (κ2) is 8.38. The van der Waals surface area contributed by atoms with Gasteiger partial charge >= 0.3 is 21.7 Å². The lowest BCUT2D eigenvalue weighted by Crippen LogP contribution is -2.41. The summed E-state index contributed by atoms with van der Waals surface area (Å²) >= 11 is 5.99. The number of carbonyl (C=O) groups is 1. The number of carbonyl (C=O) groups excluding carboxylic acids is 1. The summed E-state index contributed by atoms with van der Waals surface area (Å²) in [4.78, 5) is 8.78. The minimum atomic E-state index is -5.19. The lowest BCUT2D eigenvalue weighted by atomic mass is 10.2. The Hall–Kier alpha value is -2.02. The summed E-state index contributed by atoms with van der Waals surface area (Å²) in [6.07, 6.45) is -5.19. The molecule has 1 N–H and O–H groups in total. The standard InChI is InChI=1S/C10H9ClN2O4S.C2HF3O2/c11-10-7-8-3-1-2-4-9(8)12-13(10)5-6-17-18(14,15)16;3-2(4,5)1(6)7/h1-4,7H,5-6H2;(H,6,7). The Balaban J connectivity index is 0.000000381. The van der Waals surface area contributed by atoms with E-state index in [0.717, 1.165) is 10.9 Å². The predicted molar refractivity (Wildman–Crippen MR) is 75.5 cm³/mol. The number of aromatic nitrogens is 2. The number of rotatable bonds is 4. The number of fused-ring (bicyclic) bond motifs is 1. The van der Waals surface area contributed by atoms with Gasteiger partial charge in [-0.2, -0.15) is 21.6 Å². The number of hydrogen-bond donors (Lipinski definition) is 1. The number of alkyl halides is 3. The molecule has 0 radical (unpaired) electrons. The molecule has 25 heavy (non-hydrogen) atoms. The Morgan fingerprint density at radius 3 is 2.44 bits per heavy atom. The van der Waals surface area contributed by atoms with E-state index in [1.807, 2.05) is 24.3 Å². The van der Waals surface area contributed by atoms with Gasteiger partial charge < -0.3 is 9.90 Å². The van der Waals surface area contributed by atoms with E-state index in [1.165, 1.54) is 4.68 Å². The van der Waals surface area contributed by atoms with E-state index >= 15 is 0 Å². The zero-order valence-electron chi connectivity index (χ0n) is 12.1. The summed E-state index contributed by atoms with van der Waals surface area (Å²) < 4.78 is 66.4. The molecule has 0 amide bonds. The fourth-order valence-electron chi connectivity index (χ4n) is 1.47. The highest BCUT2D eigenvalue weighted by Gasteiger charge is 2.28. The first kappa shape index (κ1) is 21.0. The largest absolute Gasteiger partial charge is 0.542 e. The number of halogens is 4. The Bertz CT molecular complexity index is 860. The van der Waals surface area contributed by atoms with Crippen LogP contribution in [0.5, 0.6) is 0 Å². The van der Waals surface area contributed by atoms with Gasteiger partial charge in [-0.25, -0.2) is 4.18 Å². The number of carboxylic acids is 1. The van der Waals surface area contributed by atoms with E-state index in [9.17, 15) is 21.6 Å². The fourth-order valence-corrected chi connectivity index (χ4v) is 1.99. The summed E-state index contributed by atoms with van der Waals surface area (Å²) in [6, 6.07) is 9.10. The van der Waals surface area contributed by atoms with Gasteiger partial charge in [-0.1, -0.05) is 22.9 Å². The van der Waals surface area contributed by atoms with Crippen LogP contribution in [0.3, 0.4) is 0 Å². The van der Waals surface area contributed by atoms with Gasteiger partial charge in [-0.05, 0) is 17.7 Å². The third-order valence-corrected chi connectivity index (χ3v) is 3.22. The molecule has 8 nitrogen and oxygen atoms in total. The van der Waals surface area contributed by atoms with E-state index in [-0.39, 0.29) is 13.2 Å². The minimum Gasteiger partial charge on any atom is -0.542 e. The van der Waals surface area contributed by atoms with E-state index in [4.69, 9.17) is 26.1 Å². The van der Waals surface area contributed by atoms with E-state index in [2.05, 4.69) is 9.28 Å². The third-order valence-electron chi connectivity index (χ3n) is 2.45. The zero-order chi connectivity index (χ0) is 19.3. The van der Waals surface area contributed by atoms with Gasteiger partial charge in [0.05, 0.1) is 0 Å². The molecule has 13 heteroatoms. The molecule has 1 aromatic carbocycles. The van der Waals surface area contributed by atoms with Crippen LogP contribution in [0, 0.1) is 0 Å². The van der Waals surface area contributed by atoms with E-state index < -0.39 is 22.5 Å². The fraction of sp³-hybridized carbons (Fsp3) is 0.250. The molecule has 0 fully saturated rings. The van der Waals surface area contributed by atoms with Crippen molar-refractivity contribution in [3.63, 3.8) is 0 Å². The number of aliphatic carboxylic acids is 1.